The second-order valence-electron chi connectivity index (χ2n) is 8.41. The number of para-hydroxylation sites is 2. The predicted molar refractivity (Wildman–Crippen MR) is 106 cm³/mol. The molecule has 0 saturated heterocycles. The van der Waals surface area contributed by atoms with Crippen LogP contribution in [0, 0.1) is 0 Å². The van der Waals surface area contributed by atoms with Gasteiger partial charge in [-0.3, -0.25) is 0 Å². The molecule has 0 radical (unpaired) electrons. The van der Waals surface area contributed by atoms with Crippen molar-refractivity contribution < 1.29 is 0 Å². The van der Waals surface area contributed by atoms with Gasteiger partial charge in [-0.1, -0.05) is 76.4 Å². The molecule has 0 amide bonds. The second-order valence-corrected chi connectivity index (χ2v) is 8.41. The SMILES string of the molecule is CC(C)(C)c1ccc(-c2nc3ccccc3n2C2CCCCC2)cc1. The van der Waals surface area contributed by atoms with Crippen LogP contribution in [0.25, 0.3) is 22.4 Å². The first-order chi connectivity index (χ1) is 12.0. The highest BCUT2D eigenvalue weighted by Gasteiger charge is 2.22. The molecule has 3 aromatic rings. The van der Waals surface area contributed by atoms with Crippen molar-refractivity contribution in [2.45, 2.75) is 64.3 Å². The van der Waals surface area contributed by atoms with Crippen LogP contribution in [0.2, 0.25) is 0 Å². The van der Waals surface area contributed by atoms with E-state index in [1.165, 1.54) is 48.7 Å². The Hall–Kier alpha value is -2.09. The Morgan fingerprint density at radius 2 is 1.56 bits per heavy atom. The molecule has 130 valence electrons. The fraction of sp³-hybridized carbons (Fsp3) is 0.435. The molecular weight excluding hydrogens is 304 g/mol. The van der Waals surface area contributed by atoms with Crippen LogP contribution >= 0.6 is 0 Å². The monoisotopic (exact) mass is 332 g/mol. The van der Waals surface area contributed by atoms with Crippen molar-refractivity contribution in [1.29, 1.82) is 0 Å². The number of benzene rings is 2. The Bertz CT molecular complexity index is 859. The molecule has 2 nitrogen and oxygen atoms in total. The second kappa shape index (κ2) is 6.33. The van der Waals surface area contributed by atoms with Crippen LogP contribution in [0.15, 0.2) is 48.5 Å². The van der Waals surface area contributed by atoms with Crippen molar-refractivity contribution in [2.75, 3.05) is 0 Å². The highest BCUT2D eigenvalue weighted by molar-refractivity contribution is 5.81. The summed E-state index contributed by atoms with van der Waals surface area (Å²) in [7, 11) is 0. The van der Waals surface area contributed by atoms with Gasteiger partial charge in [-0.05, 0) is 36.0 Å². The Balaban J connectivity index is 1.83. The molecule has 1 saturated carbocycles. The van der Waals surface area contributed by atoms with E-state index in [0.717, 1.165) is 11.3 Å². The van der Waals surface area contributed by atoms with Crippen LogP contribution in [0.1, 0.15) is 64.5 Å². The largest absolute Gasteiger partial charge is 0.321 e. The smallest absolute Gasteiger partial charge is 0.141 e. The van der Waals surface area contributed by atoms with Crippen LogP contribution in [-0.4, -0.2) is 9.55 Å². The Morgan fingerprint density at radius 1 is 0.880 bits per heavy atom. The maximum absolute atomic E-state index is 5.01. The third-order valence-electron chi connectivity index (χ3n) is 5.54. The normalized spacial score (nSPS) is 16.4. The van der Waals surface area contributed by atoms with Crippen molar-refractivity contribution >= 4 is 11.0 Å². The third kappa shape index (κ3) is 3.10. The Morgan fingerprint density at radius 3 is 2.24 bits per heavy atom. The molecule has 0 unspecified atom stereocenters. The molecule has 1 aliphatic carbocycles. The third-order valence-corrected chi connectivity index (χ3v) is 5.54. The van der Waals surface area contributed by atoms with Gasteiger partial charge >= 0.3 is 0 Å². The van der Waals surface area contributed by atoms with E-state index >= 15 is 0 Å². The average molecular weight is 332 g/mol. The van der Waals surface area contributed by atoms with E-state index in [4.69, 9.17) is 4.98 Å². The molecule has 1 aliphatic rings. The zero-order valence-electron chi connectivity index (χ0n) is 15.6. The molecule has 0 spiro atoms. The van der Waals surface area contributed by atoms with Gasteiger partial charge in [0.1, 0.15) is 5.82 Å². The highest BCUT2D eigenvalue weighted by Crippen LogP contribution is 2.36. The van der Waals surface area contributed by atoms with Gasteiger partial charge in [0.05, 0.1) is 11.0 Å². The maximum Gasteiger partial charge on any atom is 0.141 e. The Kier molecular flexibility index (Phi) is 4.15. The molecule has 0 bridgehead atoms. The van der Waals surface area contributed by atoms with E-state index in [0.29, 0.717) is 6.04 Å². The molecule has 25 heavy (non-hydrogen) atoms. The summed E-state index contributed by atoms with van der Waals surface area (Å²) in [6, 6.07) is 18.2. The number of rotatable bonds is 2. The molecule has 1 aromatic heterocycles. The molecule has 4 rings (SSSR count). The average Bonchev–Trinajstić information content (AvgIpc) is 3.01. The number of hydrogen-bond acceptors (Lipinski definition) is 1. The van der Waals surface area contributed by atoms with Crippen molar-refractivity contribution in [3.05, 3.63) is 54.1 Å². The van der Waals surface area contributed by atoms with Crippen LogP contribution in [0.4, 0.5) is 0 Å². The van der Waals surface area contributed by atoms with E-state index in [-0.39, 0.29) is 5.41 Å². The standard InChI is InChI=1S/C23H28N2/c1-23(2,3)18-15-13-17(14-16-18)22-24-20-11-7-8-12-21(20)25(22)19-9-5-4-6-10-19/h7-8,11-16,19H,4-6,9-10H2,1-3H3. The van der Waals surface area contributed by atoms with Gasteiger partial charge in [0, 0.05) is 11.6 Å². The van der Waals surface area contributed by atoms with Crippen LogP contribution in [-0.2, 0) is 5.41 Å². The first-order valence-electron chi connectivity index (χ1n) is 9.62. The minimum Gasteiger partial charge on any atom is -0.321 e. The van der Waals surface area contributed by atoms with Gasteiger partial charge in [-0.15, -0.1) is 0 Å². The van der Waals surface area contributed by atoms with Crippen molar-refractivity contribution in [3.8, 4) is 11.4 Å². The minimum atomic E-state index is 0.183. The zero-order valence-corrected chi connectivity index (χ0v) is 15.6. The van der Waals surface area contributed by atoms with Crippen molar-refractivity contribution in [3.63, 3.8) is 0 Å². The summed E-state index contributed by atoms with van der Waals surface area (Å²) in [6.45, 7) is 6.79. The lowest BCUT2D eigenvalue weighted by Crippen LogP contribution is -2.14. The minimum absolute atomic E-state index is 0.183. The summed E-state index contributed by atoms with van der Waals surface area (Å²) in [4.78, 5) is 5.01. The quantitative estimate of drug-likeness (QED) is 0.523. The zero-order chi connectivity index (χ0) is 17.4. The molecular formula is C23H28N2. The van der Waals surface area contributed by atoms with Gasteiger partial charge in [-0.25, -0.2) is 4.98 Å². The topological polar surface area (TPSA) is 17.8 Å². The fourth-order valence-electron chi connectivity index (χ4n) is 4.08. The van der Waals surface area contributed by atoms with Crippen LogP contribution < -0.4 is 0 Å². The fourth-order valence-corrected chi connectivity index (χ4v) is 4.08. The number of hydrogen-bond donors (Lipinski definition) is 0. The molecule has 0 aliphatic heterocycles. The molecule has 2 heteroatoms. The molecule has 2 aromatic carbocycles. The van der Waals surface area contributed by atoms with Crippen molar-refractivity contribution in [1.82, 2.24) is 9.55 Å². The predicted octanol–water partition coefficient (Wildman–Crippen LogP) is 6.51. The number of aromatic nitrogens is 2. The summed E-state index contributed by atoms with van der Waals surface area (Å²) < 4.78 is 2.51. The summed E-state index contributed by atoms with van der Waals surface area (Å²) in [5, 5.41) is 0. The van der Waals surface area contributed by atoms with Gasteiger partial charge in [0.25, 0.3) is 0 Å². The van der Waals surface area contributed by atoms with Gasteiger partial charge in [-0.2, -0.15) is 0 Å². The van der Waals surface area contributed by atoms with E-state index < -0.39 is 0 Å². The Labute approximate surface area is 150 Å². The number of fused-ring (bicyclic) bond motifs is 1. The lowest BCUT2D eigenvalue weighted by Gasteiger charge is -2.26. The molecule has 1 heterocycles. The van der Waals surface area contributed by atoms with E-state index in [1.54, 1.807) is 0 Å². The summed E-state index contributed by atoms with van der Waals surface area (Å²) in [5.41, 5.74) is 5.18. The van der Waals surface area contributed by atoms with E-state index in [9.17, 15) is 0 Å². The van der Waals surface area contributed by atoms with Gasteiger partial charge in [0.2, 0.25) is 0 Å². The lowest BCUT2D eigenvalue weighted by molar-refractivity contribution is 0.362. The van der Waals surface area contributed by atoms with Gasteiger partial charge in [0.15, 0.2) is 0 Å². The van der Waals surface area contributed by atoms with Crippen LogP contribution in [0.3, 0.4) is 0 Å². The molecule has 0 N–H and O–H groups in total. The maximum atomic E-state index is 5.01. The first-order valence-corrected chi connectivity index (χ1v) is 9.62. The van der Waals surface area contributed by atoms with E-state index in [1.807, 2.05) is 0 Å². The molecule has 1 fully saturated rings. The summed E-state index contributed by atoms with van der Waals surface area (Å²) in [6.07, 6.45) is 6.58. The highest BCUT2D eigenvalue weighted by atomic mass is 15.1. The van der Waals surface area contributed by atoms with E-state index in [2.05, 4.69) is 73.9 Å². The van der Waals surface area contributed by atoms with Crippen LogP contribution in [0.5, 0.6) is 0 Å². The van der Waals surface area contributed by atoms with Gasteiger partial charge < -0.3 is 4.57 Å². The number of nitrogens with zero attached hydrogens (tertiary/aromatic N) is 2. The number of imidazole rings is 1. The van der Waals surface area contributed by atoms with Crippen molar-refractivity contribution in [2.24, 2.45) is 0 Å². The summed E-state index contributed by atoms with van der Waals surface area (Å²) >= 11 is 0. The summed E-state index contributed by atoms with van der Waals surface area (Å²) in [5.74, 6) is 1.13. The lowest BCUT2D eigenvalue weighted by atomic mass is 9.86. The molecule has 0 atom stereocenters. The first kappa shape index (κ1) is 16.4.